The van der Waals surface area contributed by atoms with E-state index in [0.717, 1.165) is 36.1 Å². The molecule has 1 unspecified atom stereocenters. The van der Waals surface area contributed by atoms with Crippen LogP contribution in [-0.4, -0.2) is 21.7 Å². The maximum Gasteiger partial charge on any atom is 0.0767 e. The van der Waals surface area contributed by atoms with E-state index in [9.17, 15) is 0 Å². The Morgan fingerprint density at radius 3 is 2.75 bits per heavy atom. The normalized spacial score (nSPS) is 13.1. The Labute approximate surface area is 111 Å². The SMILES string of the molecule is CCc1nn(C)c(CNCCC(C)Cl)c1Br. The molecule has 0 aliphatic carbocycles. The molecule has 5 heteroatoms. The zero-order valence-corrected chi connectivity index (χ0v) is 12.4. The molecular weight excluding hydrogens is 289 g/mol. The second kappa shape index (κ2) is 6.62. The largest absolute Gasteiger partial charge is 0.311 e. The zero-order valence-electron chi connectivity index (χ0n) is 10.1. The first-order valence-corrected chi connectivity index (χ1v) is 6.84. The summed E-state index contributed by atoms with van der Waals surface area (Å²) in [5.41, 5.74) is 2.31. The van der Waals surface area contributed by atoms with Crippen LogP contribution in [0.5, 0.6) is 0 Å². The lowest BCUT2D eigenvalue weighted by Crippen LogP contribution is -2.19. The minimum Gasteiger partial charge on any atom is -0.311 e. The molecule has 1 atom stereocenters. The lowest BCUT2D eigenvalue weighted by molar-refractivity contribution is 0.602. The predicted molar refractivity (Wildman–Crippen MR) is 71.9 cm³/mol. The predicted octanol–water partition coefficient (Wildman–Crippen LogP) is 2.85. The molecule has 92 valence electrons. The van der Waals surface area contributed by atoms with Crippen molar-refractivity contribution in [1.29, 1.82) is 0 Å². The van der Waals surface area contributed by atoms with Gasteiger partial charge in [0.1, 0.15) is 0 Å². The number of aryl methyl sites for hydroxylation is 2. The van der Waals surface area contributed by atoms with Crippen LogP contribution in [-0.2, 0) is 20.0 Å². The molecule has 0 bridgehead atoms. The van der Waals surface area contributed by atoms with E-state index < -0.39 is 0 Å². The Morgan fingerprint density at radius 1 is 1.56 bits per heavy atom. The Hall–Kier alpha value is -0.0600. The van der Waals surface area contributed by atoms with Gasteiger partial charge < -0.3 is 5.32 Å². The van der Waals surface area contributed by atoms with Crippen molar-refractivity contribution >= 4 is 27.5 Å². The van der Waals surface area contributed by atoms with E-state index in [1.807, 2.05) is 18.7 Å². The molecule has 1 heterocycles. The molecule has 0 aliphatic heterocycles. The van der Waals surface area contributed by atoms with Gasteiger partial charge in [-0.25, -0.2) is 0 Å². The highest BCUT2D eigenvalue weighted by Crippen LogP contribution is 2.21. The van der Waals surface area contributed by atoms with Gasteiger partial charge in [0.25, 0.3) is 0 Å². The Morgan fingerprint density at radius 2 is 2.25 bits per heavy atom. The number of halogens is 2. The first-order chi connectivity index (χ1) is 7.56. The molecule has 0 spiro atoms. The minimum absolute atomic E-state index is 0.230. The van der Waals surface area contributed by atoms with Crippen LogP contribution in [0.15, 0.2) is 4.47 Å². The molecule has 0 amide bonds. The second-order valence-electron chi connectivity index (χ2n) is 3.93. The molecule has 0 radical (unpaired) electrons. The van der Waals surface area contributed by atoms with E-state index in [2.05, 4.69) is 33.3 Å². The summed E-state index contributed by atoms with van der Waals surface area (Å²) in [4.78, 5) is 0. The molecule has 0 saturated carbocycles. The average molecular weight is 309 g/mol. The van der Waals surface area contributed by atoms with Gasteiger partial charge in [0.15, 0.2) is 0 Å². The van der Waals surface area contributed by atoms with E-state index in [0.29, 0.717) is 0 Å². The maximum atomic E-state index is 5.88. The highest BCUT2D eigenvalue weighted by Gasteiger charge is 2.11. The van der Waals surface area contributed by atoms with Crippen LogP contribution in [0.3, 0.4) is 0 Å². The van der Waals surface area contributed by atoms with Gasteiger partial charge in [-0.15, -0.1) is 11.6 Å². The summed E-state index contributed by atoms with van der Waals surface area (Å²) < 4.78 is 3.06. The van der Waals surface area contributed by atoms with Gasteiger partial charge in [0.05, 0.1) is 15.9 Å². The monoisotopic (exact) mass is 307 g/mol. The highest BCUT2D eigenvalue weighted by molar-refractivity contribution is 9.10. The van der Waals surface area contributed by atoms with Crippen molar-refractivity contribution in [1.82, 2.24) is 15.1 Å². The zero-order chi connectivity index (χ0) is 12.1. The second-order valence-corrected chi connectivity index (χ2v) is 5.47. The van der Waals surface area contributed by atoms with Gasteiger partial charge in [-0.1, -0.05) is 6.92 Å². The quantitative estimate of drug-likeness (QED) is 0.647. The van der Waals surface area contributed by atoms with Crippen molar-refractivity contribution < 1.29 is 0 Å². The summed E-state index contributed by atoms with van der Waals surface area (Å²) in [6.07, 6.45) is 1.94. The van der Waals surface area contributed by atoms with Crippen LogP contribution in [0.4, 0.5) is 0 Å². The summed E-state index contributed by atoms with van der Waals surface area (Å²) in [5.74, 6) is 0. The fourth-order valence-electron chi connectivity index (χ4n) is 1.52. The van der Waals surface area contributed by atoms with Crippen LogP contribution in [0, 0.1) is 0 Å². The van der Waals surface area contributed by atoms with E-state index >= 15 is 0 Å². The molecule has 1 N–H and O–H groups in total. The molecule has 0 aromatic carbocycles. The van der Waals surface area contributed by atoms with Gasteiger partial charge in [-0.05, 0) is 42.2 Å². The first kappa shape index (κ1) is 14.0. The first-order valence-electron chi connectivity index (χ1n) is 5.61. The van der Waals surface area contributed by atoms with E-state index in [-0.39, 0.29) is 5.38 Å². The third-order valence-electron chi connectivity index (χ3n) is 2.51. The summed E-state index contributed by atoms with van der Waals surface area (Å²) in [7, 11) is 1.98. The smallest absolute Gasteiger partial charge is 0.0767 e. The summed E-state index contributed by atoms with van der Waals surface area (Å²) >= 11 is 9.48. The molecule has 1 aromatic rings. The molecule has 0 fully saturated rings. The fraction of sp³-hybridized carbons (Fsp3) is 0.727. The number of alkyl halides is 1. The topological polar surface area (TPSA) is 29.9 Å². The van der Waals surface area contributed by atoms with Crippen LogP contribution in [0.1, 0.15) is 31.7 Å². The van der Waals surface area contributed by atoms with Gasteiger partial charge in [0, 0.05) is 19.0 Å². The fourth-order valence-corrected chi connectivity index (χ4v) is 2.39. The van der Waals surface area contributed by atoms with Crippen molar-refractivity contribution in [2.45, 2.75) is 38.6 Å². The van der Waals surface area contributed by atoms with Gasteiger partial charge in [-0.2, -0.15) is 5.10 Å². The number of aromatic nitrogens is 2. The summed E-state index contributed by atoms with van der Waals surface area (Å²) in [6.45, 7) is 5.88. The van der Waals surface area contributed by atoms with Gasteiger partial charge in [0.2, 0.25) is 0 Å². The van der Waals surface area contributed by atoms with Gasteiger partial charge >= 0.3 is 0 Å². The molecule has 1 rings (SSSR count). The van der Waals surface area contributed by atoms with Crippen molar-refractivity contribution in [3.05, 3.63) is 15.9 Å². The molecule has 3 nitrogen and oxygen atoms in total. The van der Waals surface area contributed by atoms with Crippen molar-refractivity contribution in [2.24, 2.45) is 7.05 Å². The molecule has 0 aliphatic rings. The number of rotatable bonds is 6. The van der Waals surface area contributed by atoms with Crippen LogP contribution < -0.4 is 5.32 Å². The number of nitrogens with zero attached hydrogens (tertiary/aromatic N) is 2. The molecular formula is C11H19BrClN3. The van der Waals surface area contributed by atoms with Crippen molar-refractivity contribution in [3.63, 3.8) is 0 Å². The Balaban J connectivity index is 2.50. The Bertz CT molecular complexity index is 336. The average Bonchev–Trinajstić information content (AvgIpc) is 2.50. The number of nitrogens with one attached hydrogen (secondary N) is 1. The summed E-state index contributed by atoms with van der Waals surface area (Å²) in [6, 6.07) is 0. The van der Waals surface area contributed by atoms with E-state index in [4.69, 9.17) is 11.6 Å². The molecule has 1 aromatic heterocycles. The third kappa shape index (κ3) is 3.75. The lowest BCUT2D eigenvalue weighted by Gasteiger charge is -2.06. The lowest BCUT2D eigenvalue weighted by atomic mass is 10.3. The number of hydrogen-bond acceptors (Lipinski definition) is 2. The summed E-state index contributed by atoms with van der Waals surface area (Å²) in [5, 5.41) is 8.05. The van der Waals surface area contributed by atoms with Gasteiger partial charge in [-0.3, -0.25) is 4.68 Å². The molecule has 0 saturated heterocycles. The third-order valence-corrected chi connectivity index (χ3v) is 3.65. The van der Waals surface area contributed by atoms with Crippen LogP contribution >= 0.6 is 27.5 Å². The minimum atomic E-state index is 0.230. The highest BCUT2D eigenvalue weighted by atomic mass is 79.9. The van der Waals surface area contributed by atoms with Crippen LogP contribution in [0.2, 0.25) is 0 Å². The Kier molecular flexibility index (Phi) is 5.79. The van der Waals surface area contributed by atoms with E-state index in [1.54, 1.807) is 0 Å². The molecule has 16 heavy (non-hydrogen) atoms. The van der Waals surface area contributed by atoms with Crippen LogP contribution in [0.25, 0.3) is 0 Å². The van der Waals surface area contributed by atoms with E-state index in [1.165, 1.54) is 5.69 Å². The standard InChI is InChI=1S/C11H19BrClN3/c1-4-9-11(12)10(16(3)15-9)7-14-6-5-8(2)13/h8,14H,4-7H2,1-3H3. The number of hydrogen-bond donors (Lipinski definition) is 1. The van der Waals surface area contributed by atoms with Crippen molar-refractivity contribution in [2.75, 3.05) is 6.54 Å². The maximum absolute atomic E-state index is 5.88. The van der Waals surface area contributed by atoms with Crippen molar-refractivity contribution in [3.8, 4) is 0 Å².